The third-order valence-corrected chi connectivity index (χ3v) is 3.07. The first kappa shape index (κ1) is 13.8. The Morgan fingerprint density at radius 3 is 2.62 bits per heavy atom. The Morgan fingerprint density at radius 2 is 2.06 bits per heavy atom. The second kappa shape index (κ2) is 5.87. The predicted octanol–water partition coefficient (Wildman–Crippen LogP) is 2.31. The third-order valence-electron chi connectivity index (χ3n) is 3.07. The molecule has 1 heterocycles. The van der Waals surface area contributed by atoms with E-state index < -0.39 is 12.6 Å². The SMILES string of the molecule is CC1(CNCCCCC(F)(F)F)CCNC1. The van der Waals surface area contributed by atoms with E-state index in [9.17, 15) is 13.2 Å². The van der Waals surface area contributed by atoms with E-state index in [1.54, 1.807) is 0 Å². The van der Waals surface area contributed by atoms with Gasteiger partial charge in [0.05, 0.1) is 0 Å². The van der Waals surface area contributed by atoms with Crippen LogP contribution in [0.25, 0.3) is 0 Å². The Morgan fingerprint density at radius 1 is 1.31 bits per heavy atom. The average Bonchev–Trinajstić information content (AvgIpc) is 2.57. The molecule has 0 bridgehead atoms. The van der Waals surface area contributed by atoms with Gasteiger partial charge in [-0.1, -0.05) is 6.92 Å². The van der Waals surface area contributed by atoms with Gasteiger partial charge in [0, 0.05) is 19.5 Å². The Hall–Kier alpha value is -0.290. The van der Waals surface area contributed by atoms with E-state index in [2.05, 4.69) is 17.6 Å². The molecule has 16 heavy (non-hydrogen) atoms. The third kappa shape index (κ3) is 5.70. The van der Waals surface area contributed by atoms with E-state index in [0.717, 1.165) is 26.1 Å². The molecule has 0 radical (unpaired) electrons. The molecule has 1 unspecified atom stereocenters. The van der Waals surface area contributed by atoms with Crippen LogP contribution in [0.1, 0.15) is 32.6 Å². The van der Waals surface area contributed by atoms with Crippen LogP contribution >= 0.6 is 0 Å². The first-order valence-electron chi connectivity index (χ1n) is 5.90. The number of hydrogen-bond donors (Lipinski definition) is 2. The summed E-state index contributed by atoms with van der Waals surface area (Å²) in [6, 6.07) is 0. The van der Waals surface area contributed by atoms with Crippen molar-refractivity contribution in [1.82, 2.24) is 10.6 Å². The summed E-state index contributed by atoms with van der Waals surface area (Å²) in [4.78, 5) is 0. The molecule has 0 amide bonds. The lowest BCUT2D eigenvalue weighted by Gasteiger charge is -2.22. The molecule has 1 aliphatic rings. The maximum Gasteiger partial charge on any atom is 0.389 e. The highest BCUT2D eigenvalue weighted by molar-refractivity contribution is 4.85. The molecule has 1 aliphatic heterocycles. The van der Waals surface area contributed by atoms with Gasteiger partial charge in [-0.2, -0.15) is 13.2 Å². The first-order chi connectivity index (χ1) is 7.41. The van der Waals surface area contributed by atoms with Crippen molar-refractivity contribution in [3.63, 3.8) is 0 Å². The van der Waals surface area contributed by atoms with E-state index in [1.807, 2.05) is 0 Å². The van der Waals surface area contributed by atoms with Gasteiger partial charge < -0.3 is 10.6 Å². The van der Waals surface area contributed by atoms with Crippen LogP contribution in [-0.4, -0.2) is 32.4 Å². The van der Waals surface area contributed by atoms with E-state index in [1.165, 1.54) is 0 Å². The molecule has 1 rings (SSSR count). The Balaban J connectivity index is 1.96. The number of hydrogen-bond acceptors (Lipinski definition) is 2. The summed E-state index contributed by atoms with van der Waals surface area (Å²) in [5.41, 5.74) is 0.282. The smallest absolute Gasteiger partial charge is 0.316 e. The van der Waals surface area contributed by atoms with E-state index in [-0.39, 0.29) is 11.8 Å². The number of unbranched alkanes of at least 4 members (excludes halogenated alkanes) is 1. The van der Waals surface area contributed by atoms with Crippen LogP contribution in [0.4, 0.5) is 13.2 Å². The molecule has 1 saturated heterocycles. The Kier molecular flexibility index (Phi) is 5.05. The predicted molar refractivity (Wildman–Crippen MR) is 58.4 cm³/mol. The average molecular weight is 238 g/mol. The highest BCUT2D eigenvalue weighted by atomic mass is 19.4. The largest absolute Gasteiger partial charge is 0.389 e. The summed E-state index contributed by atoms with van der Waals surface area (Å²) in [5, 5.41) is 6.54. The molecule has 0 spiro atoms. The molecule has 1 atom stereocenters. The summed E-state index contributed by atoms with van der Waals surface area (Å²) >= 11 is 0. The van der Waals surface area contributed by atoms with Crippen molar-refractivity contribution < 1.29 is 13.2 Å². The van der Waals surface area contributed by atoms with Crippen LogP contribution in [0, 0.1) is 5.41 Å². The fourth-order valence-corrected chi connectivity index (χ4v) is 1.99. The quantitative estimate of drug-likeness (QED) is 0.694. The highest BCUT2D eigenvalue weighted by Gasteiger charge is 2.28. The number of rotatable bonds is 6. The van der Waals surface area contributed by atoms with Crippen molar-refractivity contribution >= 4 is 0 Å². The van der Waals surface area contributed by atoms with Crippen molar-refractivity contribution in [2.24, 2.45) is 5.41 Å². The van der Waals surface area contributed by atoms with Crippen LogP contribution in [-0.2, 0) is 0 Å². The Bertz CT molecular complexity index is 198. The second-order valence-electron chi connectivity index (χ2n) is 4.99. The van der Waals surface area contributed by atoms with Crippen molar-refractivity contribution in [2.75, 3.05) is 26.2 Å². The molecule has 0 aromatic carbocycles. The van der Waals surface area contributed by atoms with Crippen LogP contribution in [0.5, 0.6) is 0 Å². The molecular formula is C11H21F3N2. The van der Waals surface area contributed by atoms with E-state index in [0.29, 0.717) is 13.0 Å². The van der Waals surface area contributed by atoms with Gasteiger partial charge in [0.15, 0.2) is 0 Å². The normalized spacial score (nSPS) is 26.2. The topological polar surface area (TPSA) is 24.1 Å². The minimum Gasteiger partial charge on any atom is -0.316 e. The van der Waals surface area contributed by atoms with E-state index in [4.69, 9.17) is 0 Å². The summed E-state index contributed by atoms with van der Waals surface area (Å²) in [6.45, 7) is 5.84. The van der Waals surface area contributed by atoms with Gasteiger partial charge in [-0.05, 0) is 37.8 Å². The molecule has 96 valence electrons. The molecule has 2 N–H and O–H groups in total. The molecule has 0 aromatic rings. The van der Waals surface area contributed by atoms with Gasteiger partial charge in [-0.15, -0.1) is 0 Å². The van der Waals surface area contributed by atoms with Crippen LogP contribution < -0.4 is 10.6 Å². The summed E-state index contributed by atoms with van der Waals surface area (Å²) in [7, 11) is 0. The number of halogens is 3. The fraction of sp³-hybridized carbons (Fsp3) is 1.00. The summed E-state index contributed by atoms with van der Waals surface area (Å²) in [5.74, 6) is 0. The van der Waals surface area contributed by atoms with Gasteiger partial charge >= 0.3 is 6.18 Å². The zero-order valence-electron chi connectivity index (χ0n) is 9.79. The number of alkyl halides is 3. The zero-order chi connectivity index (χ0) is 12.1. The van der Waals surface area contributed by atoms with Crippen molar-refractivity contribution in [1.29, 1.82) is 0 Å². The lowest BCUT2D eigenvalue weighted by atomic mass is 9.90. The van der Waals surface area contributed by atoms with Gasteiger partial charge in [0.2, 0.25) is 0 Å². The maximum atomic E-state index is 11.8. The zero-order valence-corrected chi connectivity index (χ0v) is 9.79. The van der Waals surface area contributed by atoms with Gasteiger partial charge in [0.25, 0.3) is 0 Å². The van der Waals surface area contributed by atoms with Crippen molar-refractivity contribution in [3.8, 4) is 0 Å². The molecule has 5 heteroatoms. The molecule has 2 nitrogen and oxygen atoms in total. The molecule has 0 aromatic heterocycles. The van der Waals surface area contributed by atoms with Crippen LogP contribution in [0.2, 0.25) is 0 Å². The standard InChI is InChI=1S/C11H21F3N2/c1-10(5-7-16-9-10)8-15-6-3-2-4-11(12,13)14/h15-16H,2-9H2,1H3. The number of nitrogens with one attached hydrogen (secondary N) is 2. The van der Waals surface area contributed by atoms with Gasteiger partial charge in [-0.25, -0.2) is 0 Å². The highest BCUT2D eigenvalue weighted by Crippen LogP contribution is 2.23. The minimum absolute atomic E-state index is 0.228. The second-order valence-corrected chi connectivity index (χ2v) is 4.99. The van der Waals surface area contributed by atoms with Crippen molar-refractivity contribution in [3.05, 3.63) is 0 Å². The fourth-order valence-electron chi connectivity index (χ4n) is 1.99. The summed E-state index contributed by atoms with van der Waals surface area (Å²) < 4.78 is 35.5. The summed E-state index contributed by atoms with van der Waals surface area (Å²) in [6.07, 6.45) is -2.69. The van der Waals surface area contributed by atoms with Crippen LogP contribution in [0.15, 0.2) is 0 Å². The van der Waals surface area contributed by atoms with Gasteiger partial charge in [0.1, 0.15) is 0 Å². The minimum atomic E-state index is -4.00. The lowest BCUT2D eigenvalue weighted by molar-refractivity contribution is -0.135. The monoisotopic (exact) mass is 238 g/mol. The molecule has 0 aliphatic carbocycles. The molecule has 1 fully saturated rings. The lowest BCUT2D eigenvalue weighted by Crippen LogP contribution is -2.34. The first-order valence-corrected chi connectivity index (χ1v) is 5.90. The van der Waals surface area contributed by atoms with Crippen molar-refractivity contribution in [2.45, 2.75) is 38.8 Å². The molecule has 0 saturated carbocycles. The molecular weight excluding hydrogens is 217 g/mol. The van der Waals surface area contributed by atoms with Crippen LogP contribution in [0.3, 0.4) is 0 Å². The maximum absolute atomic E-state index is 11.8. The van der Waals surface area contributed by atoms with Gasteiger partial charge in [-0.3, -0.25) is 0 Å². The Labute approximate surface area is 95.0 Å². The van der Waals surface area contributed by atoms with E-state index >= 15 is 0 Å².